The first-order valence-electron chi connectivity index (χ1n) is 4.60. The average molecular weight is 255 g/mol. The minimum Gasteiger partial charge on any atom is -0.409 e. The molecule has 0 unspecified atom stereocenters. The molecule has 88 valence electrons. The van der Waals surface area contributed by atoms with Crippen molar-refractivity contribution in [3.63, 3.8) is 0 Å². The lowest BCUT2D eigenvalue weighted by molar-refractivity contribution is 0.318. The fraction of sp³-hybridized carbons (Fsp3) is 0. The van der Waals surface area contributed by atoms with E-state index in [4.69, 9.17) is 22.5 Å². The Kier molecular flexibility index (Phi) is 2.97. The maximum atomic E-state index is 13.1. The van der Waals surface area contributed by atoms with Gasteiger partial charge in [0.2, 0.25) is 0 Å². The number of rotatable bonds is 2. The van der Waals surface area contributed by atoms with Gasteiger partial charge in [0.05, 0.1) is 16.9 Å². The van der Waals surface area contributed by atoms with Crippen molar-refractivity contribution in [2.24, 2.45) is 10.9 Å². The van der Waals surface area contributed by atoms with Crippen molar-refractivity contribution in [1.82, 2.24) is 9.78 Å². The van der Waals surface area contributed by atoms with Gasteiger partial charge in [-0.15, -0.1) is 0 Å². The van der Waals surface area contributed by atoms with E-state index in [-0.39, 0.29) is 11.4 Å². The molecule has 0 saturated carbocycles. The predicted molar refractivity (Wildman–Crippen MR) is 61.0 cm³/mol. The number of nitrogens with zero attached hydrogens (tertiary/aromatic N) is 3. The molecule has 0 aliphatic carbocycles. The van der Waals surface area contributed by atoms with Crippen molar-refractivity contribution in [3.05, 3.63) is 47.0 Å². The lowest BCUT2D eigenvalue weighted by atomic mass is 10.1. The first-order valence-corrected chi connectivity index (χ1v) is 4.97. The molecule has 17 heavy (non-hydrogen) atoms. The zero-order valence-electron chi connectivity index (χ0n) is 8.51. The smallest absolute Gasteiger partial charge is 0.172 e. The molecule has 5 nitrogen and oxygen atoms in total. The molecule has 0 aliphatic rings. The third-order valence-electron chi connectivity index (χ3n) is 2.14. The van der Waals surface area contributed by atoms with Gasteiger partial charge in [-0.2, -0.15) is 5.10 Å². The average Bonchev–Trinajstić information content (AvgIpc) is 2.74. The van der Waals surface area contributed by atoms with Crippen LogP contribution in [-0.2, 0) is 0 Å². The Morgan fingerprint density at radius 1 is 1.53 bits per heavy atom. The topological polar surface area (TPSA) is 76.4 Å². The molecular formula is C10H8ClFN4O. The van der Waals surface area contributed by atoms with E-state index < -0.39 is 5.82 Å². The second-order valence-electron chi connectivity index (χ2n) is 3.25. The molecule has 3 N–H and O–H groups in total. The van der Waals surface area contributed by atoms with Crippen LogP contribution in [-0.4, -0.2) is 20.8 Å². The monoisotopic (exact) mass is 254 g/mol. The van der Waals surface area contributed by atoms with Crippen LogP contribution < -0.4 is 5.73 Å². The fourth-order valence-electron chi connectivity index (χ4n) is 1.40. The molecular weight excluding hydrogens is 247 g/mol. The molecule has 7 heteroatoms. The van der Waals surface area contributed by atoms with E-state index in [1.54, 1.807) is 0 Å². The molecule has 0 amide bonds. The standard InChI is InChI=1S/C10H8ClFN4O/c11-6-4-14-16(5-6)9-2-1-7(12)3-8(9)10(13)15-17/h1-5,17H,(H2,13,15). The van der Waals surface area contributed by atoms with Crippen LogP contribution in [0.15, 0.2) is 35.7 Å². The Labute approximate surface area is 101 Å². The van der Waals surface area contributed by atoms with Crippen LogP contribution >= 0.6 is 11.6 Å². The van der Waals surface area contributed by atoms with Crippen molar-refractivity contribution in [2.45, 2.75) is 0 Å². The summed E-state index contributed by atoms with van der Waals surface area (Å²) in [5.74, 6) is -0.695. The number of oxime groups is 1. The quantitative estimate of drug-likeness (QED) is 0.371. The van der Waals surface area contributed by atoms with Crippen molar-refractivity contribution in [1.29, 1.82) is 0 Å². The summed E-state index contributed by atoms with van der Waals surface area (Å²) >= 11 is 5.74. The summed E-state index contributed by atoms with van der Waals surface area (Å²) in [6.45, 7) is 0. The van der Waals surface area contributed by atoms with Gasteiger partial charge in [0.25, 0.3) is 0 Å². The van der Waals surface area contributed by atoms with Crippen molar-refractivity contribution in [3.8, 4) is 5.69 Å². The zero-order chi connectivity index (χ0) is 12.4. The minimum absolute atomic E-state index is 0.203. The van der Waals surface area contributed by atoms with Crippen molar-refractivity contribution >= 4 is 17.4 Å². The Morgan fingerprint density at radius 3 is 2.88 bits per heavy atom. The normalized spacial score (nSPS) is 11.8. The summed E-state index contributed by atoms with van der Waals surface area (Å²) < 4.78 is 14.5. The van der Waals surface area contributed by atoms with Gasteiger partial charge in [-0.3, -0.25) is 0 Å². The lowest BCUT2D eigenvalue weighted by Crippen LogP contribution is -2.16. The van der Waals surface area contributed by atoms with Crippen molar-refractivity contribution in [2.75, 3.05) is 0 Å². The number of hydrogen-bond acceptors (Lipinski definition) is 3. The number of benzene rings is 1. The highest BCUT2D eigenvalue weighted by Crippen LogP contribution is 2.17. The molecule has 0 bridgehead atoms. The Bertz CT molecular complexity index is 581. The third-order valence-corrected chi connectivity index (χ3v) is 2.34. The highest BCUT2D eigenvalue weighted by Gasteiger charge is 2.11. The molecule has 0 atom stereocenters. The molecule has 1 aromatic heterocycles. The van der Waals surface area contributed by atoms with Gasteiger partial charge >= 0.3 is 0 Å². The number of halogens is 2. The Hall–Kier alpha value is -2.08. The van der Waals surface area contributed by atoms with Gasteiger partial charge in [-0.1, -0.05) is 16.8 Å². The van der Waals surface area contributed by atoms with E-state index in [0.717, 1.165) is 6.07 Å². The van der Waals surface area contributed by atoms with Crippen LogP contribution in [0.25, 0.3) is 5.69 Å². The molecule has 0 fully saturated rings. The molecule has 0 radical (unpaired) electrons. The van der Waals surface area contributed by atoms with Gasteiger partial charge in [0.15, 0.2) is 5.84 Å². The maximum Gasteiger partial charge on any atom is 0.172 e. The SMILES string of the molecule is NC(=NO)c1cc(F)ccc1-n1cc(Cl)cn1. The van der Waals surface area contributed by atoms with Crippen LogP contribution in [0.4, 0.5) is 4.39 Å². The van der Waals surface area contributed by atoms with Gasteiger partial charge in [-0.25, -0.2) is 9.07 Å². The molecule has 1 aromatic carbocycles. The molecule has 2 aromatic rings. The van der Waals surface area contributed by atoms with Gasteiger partial charge in [-0.05, 0) is 18.2 Å². The van der Waals surface area contributed by atoms with E-state index in [1.165, 1.54) is 29.2 Å². The predicted octanol–water partition coefficient (Wildman–Crippen LogP) is 1.76. The van der Waals surface area contributed by atoms with E-state index in [2.05, 4.69) is 10.3 Å². The molecule has 0 aliphatic heterocycles. The number of amidine groups is 1. The first-order chi connectivity index (χ1) is 8.11. The largest absolute Gasteiger partial charge is 0.409 e. The third kappa shape index (κ3) is 2.21. The zero-order valence-corrected chi connectivity index (χ0v) is 9.26. The molecule has 1 heterocycles. The maximum absolute atomic E-state index is 13.1. The summed E-state index contributed by atoms with van der Waals surface area (Å²) in [5, 5.41) is 15.9. The van der Waals surface area contributed by atoms with Crippen LogP contribution in [0.5, 0.6) is 0 Å². The van der Waals surface area contributed by atoms with E-state index >= 15 is 0 Å². The lowest BCUT2D eigenvalue weighted by Gasteiger charge is -2.08. The van der Waals surface area contributed by atoms with Crippen LogP contribution in [0, 0.1) is 5.82 Å². The van der Waals surface area contributed by atoms with Crippen LogP contribution in [0.3, 0.4) is 0 Å². The Morgan fingerprint density at radius 2 is 2.29 bits per heavy atom. The molecule has 0 spiro atoms. The number of aromatic nitrogens is 2. The second-order valence-corrected chi connectivity index (χ2v) is 3.69. The molecule has 2 rings (SSSR count). The van der Waals surface area contributed by atoms with Crippen molar-refractivity contribution < 1.29 is 9.60 Å². The van der Waals surface area contributed by atoms with Gasteiger partial charge < -0.3 is 10.9 Å². The fourth-order valence-corrected chi connectivity index (χ4v) is 1.54. The first kappa shape index (κ1) is 11.4. The summed E-state index contributed by atoms with van der Waals surface area (Å²) in [4.78, 5) is 0. The van der Waals surface area contributed by atoms with Gasteiger partial charge in [0.1, 0.15) is 5.82 Å². The van der Waals surface area contributed by atoms with E-state index in [0.29, 0.717) is 10.7 Å². The van der Waals surface area contributed by atoms with Crippen LogP contribution in [0.2, 0.25) is 5.02 Å². The highest BCUT2D eigenvalue weighted by atomic mass is 35.5. The summed E-state index contributed by atoms with van der Waals surface area (Å²) in [6.07, 6.45) is 2.96. The summed E-state index contributed by atoms with van der Waals surface area (Å²) in [6, 6.07) is 3.87. The number of hydrogen-bond donors (Lipinski definition) is 2. The van der Waals surface area contributed by atoms with Gasteiger partial charge in [0, 0.05) is 11.8 Å². The Balaban J connectivity index is 2.61. The summed E-state index contributed by atoms with van der Waals surface area (Å²) in [7, 11) is 0. The van der Waals surface area contributed by atoms with Crippen LogP contribution in [0.1, 0.15) is 5.56 Å². The van der Waals surface area contributed by atoms with E-state index in [9.17, 15) is 4.39 Å². The van der Waals surface area contributed by atoms with E-state index in [1.807, 2.05) is 0 Å². The summed E-state index contributed by atoms with van der Waals surface area (Å²) in [5.41, 5.74) is 6.16. The minimum atomic E-state index is -0.492. The molecule has 0 saturated heterocycles. The second kappa shape index (κ2) is 4.42. The number of nitrogens with two attached hydrogens (primary N) is 1. The highest BCUT2D eigenvalue weighted by molar-refractivity contribution is 6.30.